The molecule has 2 aromatic rings. The number of halogens is 2. The monoisotopic (exact) mass is 379 g/mol. The van der Waals surface area contributed by atoms with E-state index in [1.807, 2.05) is 19.9 Å². The van der Waals surface area contributed by atoms with Crippen LogP contribution in [0.1, 0.15) is 40.0 Å². The second-order valence-electron chi connectivity index (χ2n) is 5.91. The second-order valence-corrected chi connectivity index (χ2v) is 6.75. The van der Waals surface area contributed by atoms with E-state index in [1.54, 1.807) is 37.3 Å². The molecule has 0 saturated carbocycles. The van der Waals surface area contributed by atoms with Gasteiger partial charge in [-0.3, -0.25) is 4.79 Å². The Balaban J connectivity index is 1.92. The first-order valence-electron chi connectivity index (χ1n) is 7.76. The van der Waals surface area contributed by atoms with E-state index in [4.69, 9.17) is 27.9 Å². The average molecular weight is 380 g/mol. The number of nitrogens with one attached hydrogen (secondary N) is 1. The highest BCUT2D eigenvalue weighted by molar-refractivity contribution is 6.35. The van der Waals surface area contributed by atoms with Crippen molar-refractivity contribution in [1.29, 1.82) is 0 Å². The molecular weight excluding hydrogens is 361 g/mol. The van der Waals surface area contributed by atoms with Gasteiger partial charge in [-0.25, -0.2) is 4.79 Å². The number of ether oxygens (including phenoxy) is 1. The Morgan fingerprint density at radius 1 is 1.08 bits per heavy atom. The molecule has 0 spiro atoms. The van der Waals surface area contributed by atoms with Gasteiger partial charge < -0.3 is 10.1 Å². The minimum atomic E-state index is -0.529. The molecule has 0 fully saturated rings. The van der Waals surface area contributed by atoms with Gasteiger partial charge in [-0.1, -0.05) is 46.5 Å². The summed E-state index contributed by atoms with van der Waals surface area (Å²) in [6.07, 6.45) is 0. The van der Waals surface area contributed by atoms with E-state index >= 15 is 0 Å². The molecule has 0 aromatic heterocycles. The van der Waals surface area contributed by atoms with E-state index in [0.29, 0.717) is 15.6 Å². The summed E-state index contributed by atoms with van der Waals surface area (Å²) in [6.45, 7) is 5.22. The van der Waals surface area contributed by atoms with Crippen molar-refractivity contribution >= 4 is 35.1 Å². The van der Waals surface area contributed by atoms with Crippen LogP contribution in [0, 0.1) is 13.8 Å². The molecular formula is C19H19Cl2NO3. The quantitative estimate of drug-likeness (QED) is 0.769. The Kier molecular flexibility index (Phi) is 6.45. The van der Waals surface area contributed by atoms with E-state index < -0.39 is 11.9 Å². The van der Waals surface area contributed by atoms with Crippen LogP contribution in [0.3, 0.4) is 0 Å². The van der Waals surface area contributed by atoms with E-state index in [2.05, 4.69) is 5.32 Å². The van der Waals surface area contributed by atoms with Gasteiger partial charge in [0.15, 0.2) is 6.61 Å². The number of hydrogen-bond donors (Lipinski definition) is 1. The molecule has 2 rings (SSSR count). The molecule has 25 heavy (non-hydrogen) atoms. The predicted molar refractivity (Wildman–Crippen MR) is 99.2 cm³/mol. The van der Waals surface area contributed by atoms with Crippen LogP contribution in [0.5, 0.6) is 0 Å². The van der Waals surface area contributed by atoms with Crippen molar-refractivity contribution in [3.63, 3.8) is 0 Å². The fourth-order valence-electron chi connectivity index (χ4n) is 2.52. The van der Waals surface area contributed by atoms with Gasteiger partial charge in [0.2, 0.25) is 0 Å². The number of esters is 1. The summed E-state index contributed by atoms with van der Waals surface area (Å²) in [6, 6.07) is 10.1. The number of aryl methyl sites for hydroxylation is 2. The van der Waals surface area contributed by atoms with E-state index in [1.165, 1.54) is 0 Å². The maximum atomic E-state index is 12.1. The lowest BCUT2D eigenvalue weighted by atomic mass is 10.1. The highest BCUT2D eigenvalue weighted by Crippen LogP contribution is 2.26. The number of rotatable bonds is 5. The average Bonchev–Trinajstić information content (AvgIpc) is 2.51. The molecule has 0 aliphatic carbocycles. The maximum Gasteiger partial charge on any atom is 0.338 e. The van der Waals surface area contributed by atoms with Gasteiger partial charge in [0, 0.05) is 10.0 Å². The van der Waals surface area contributed by atoms with Gasteiger partial charge in [0.1, 0.15) is 0 Å². The maximum absolute atomic E-state index is 12.1. The number of benzene rings is 2. The third-order valence-corrected chi connectivity index (χ3v) is 4.16. The van der Waals surface area contributed by atoms with Gasteiger partial charge in [-0.05, 0) is 50.6 Å². The van der Waals surface area contributed by atoms with Crippen LogP contribution < -0.4 is 5.32 Å². The lowest BCUT2D eigenvalue weighted by Gasteiger charge is -2.16. The zero-order valence-corrected chi connectivity index (χ0v) is 15.7. The lowest BCUT2D eigenvalue weighted by molar-refractivity contribution is -0.124. The first-order valence-corrected chi connectivity index (χ1v) is 8.51. The molecule has 0 saturated heterocycles. The normalized spacial score (nSPS) is 11.7. The first kappa shape index (κ1) is 19.3. The van der Waals surface area contributed by atoms with Gasteiger partial charge in [-0.15, -0.1) is 0 Å². The van der Waals surface area contributed by atoms with E-state index in [0.717, 1.165) is 16.7 Å². The smallest absolute Gasteiger partial charge is 0.338 e. The van der Waals surface area contributed by atoms with Crippen LogP contribution in [0.2, 0.25) is 10.0 Å². The molecule has 0 aliphatic rings. The molecule has 132 valence electrons. The minimum absolute atomic E-state index is 0.336. The number of carbonyl (C=O) groups excluding carboxylic acids is 2. The molecule has 1 atom stereocenters. The molecule has 0 aliphatic heterocycles. The highest BCUT2D eigenvalue weighted by atomic mass is 35.5. The summed E-state index contributed by atoms with van der Waals surface area (Å²) in [7, 11) is 0. The largest absolute Gasteiger partial charge is 0.452 e. The SMILES string of the molecule is Cc1cc(C)cc(C(=O)OCC(=O)N[C@@H](C)c2ccc(Cl)cc2Cl)c1. The third-order valence-electron chi connectivity index (χ3n) is 3.60. The molecule has 6 heteroatoms. The van der Waals surface area contributed by atoms with Crippen molar-refractivity contribution in [2.45, 2.75) is 26.8 Å². The van der Waals surface area contributed by atoms with Gasteiger partial charge in [0.05, 0.1) is 11.6 Å². The Morgan fingerprint density at radius 3 is 2.32 bits per heavy atom. The predicted octanol–water partition coefficient (Wildman–Crippen LogP) is 4.64. The van der Waals surface area contributed by atoms with Crippen molar-refractivity contribution in [1.82, 2.24) is 5.32 Å². The molecule has 1 N–H and O–H groups in total. The fourth-order valence-corrected chi connectivity index (χ4v) is 3.09. The lowest BCUT2D eigenvalue weighted by Crippen LogP contribution is -2.31. The molecule has 0 unspecified atom stereocenters. The zero-order valence-electron chi connectivity index (χ0n) is 14.2. The summed E-state index contributed by atoms with van der Waals surface area (Å²) in [5, 5.41) is 3.73. The van der Waals surface area contributed by atoms with Crippen LogP contribution in [0.4, 0.5) is 0 Å². The third kappa shape index (κ3) is 5.48. The van der Waals surface area contributed by atoms with E-state index in [9.17, 15) is 9.59 Å². The van der Waals surface area contributed by atoms with Gasteiger partial charge in [0.25, 0.3) is 5.91 Å². The number of amides is 1. The van der Waals surface area contributed by atoms with Gasteiger partial charge >= 0.3 is 5.97 Å². The second kappa shape index (κ2) is 8.37. The van der Waals surface area contributed by atoms with Crippen molar-refractivity contribution in [3.8, 4) is 0 Å². The molecule has 4 nitrogen and oxygen atoms in total. The molecule has 0 radical (unpaired) electrons. The zero-order chi connectivity index (χ0) is 18.6. The minimum Gasteiger partial charge on any atom is -0.452 e. The van der Waals surface area contributed by atoms with Crippen LogP contribution in [0.15, 0.2) is 36.4 Å². The summed E-state index contributed by atoms with van der Waals surface area (Å²) in [5.74, 6) is -0.935. The molecule has 0 heterocycles. The Labute approximate surface area is 157 Å². The summed E-state index contributed by atoms with van der Waals surface area (Å²) in [4.78, 5) is 24.1. The van der Waals surface area contributed by atoms with Crippen molar-refractivity contribution in [2.24, 2.45) is 0 Å². The summed E-state index contributed by atoms with van der Waals surface area (Å²) < 4.78 is 5.08. The standard InChI is InChI=1S/C19H19Cl2NO3/c1-11-6-12(2)8-14(7-11)19(24)25-10-18(23)22-13(3)16-5-4-15(20)9-17(16)21/h4-9,13H,10H2,1-3H3,(H,22,23)/t13-/m0/s1. The van der Waals surface area contributed by atoms with E-state index in [-0.39, 0.29) is 12.6 Å². The van der Waals surface area contributed by atoms with Crippen LogP contribution in [-0.4, -0.2) is 18.5 Å². The Morgan fingerprint density at radius 2 is 1.72 bits per heavy atom. The summed E-state index contributed by atoms with van der Waals surface area (Å²) >= 11 is 12.0. The van der Waals surface area contributed by atoms with Crippen molar-refractivity contribution < 1.29 is 14.3 Å². The Hall–Kier alpha value is -2.04. The van der Waals surface area contributed by atoms with Crippen LogP contribution in [0.25, 0.3) is 0 Å². The number of carbonyl (C=O) groups is 2. The van der Waals surface area contributed by atoms with Crippen LogP contribution in [-0.2, 0) is 9.53 Å². The number of hydrogen-bond acceptors (Lipinski definition) is 3. The first-order chi connectivity index (χ1) is 11.8. The fraction of sp³-hybridized carbons (Fsp3) is 0.263. The molecule has 2 aromatic carbocycles. The molecule has 0 bridgehead atoms. The van der Waals surface area contributed by atoms with Crippen LogP contribution >= 0.6 is 23.2 Å². The molecule has 1 amide bonds. The Bertz CT molecular complexity index is 785. The topological polar surface area (TPSA) is 55.4 Å². The van der Waals surface area contributed by atoms with Gasteiger partial charge in [-0.2, -0.15) is 0 Å². The van der Waals surface area contributed by atoms with Crippen molar-refractivity contribution in [2.75, 3.05) is 6.61 Å². The summed E-state index contributed by atoms with van der Waals surface area (Å²) in [5.41, 5.74) is 3.09. The van der Waals surface area contributed by atoms with Crippen molar-refractivity contribution in [3.05, 3.63) is 68.7 Å². The highest BCUT2D eigenvalue weighted by Gasteiger charge is 2.15.